The van der Waals surface area contributed by atoms with Gasteiger partial charge >= 0.3 is 0 Å². The largest absolute Gasteiger partial charge is 0.507 e. The van der Waals surface area contributed by atoms with E-state index in [1.165, 1.54) is 38.3 Å². The second kappa shape index (κ2) is 10.4. The summed E-state index contributed by atoms with van der Waals surface area (Å²) in [6, 6.07) is 5.22. The highest BCUT2D eigenvalue weighted by Gasteiger charge is 2.47. The second-order valence-corrected chi connectivity index (χ2v) is 9.39. The van der Waals surface area contributed by atoms with E-state index in [-0.39, 0.29) is 40.0 Å². The number of aliphatic hydroxyl groups is 5. The third kappa shape index (κ3) is 4.74. The fourth-order valence-electron chi connectivity index (χ4n) is 4.61. The first-order valence-corrected chi connectivity index (χ1v) is 12.0. The monoisotopic (exact) mass is 552 g/mol. The first-order valence-electron chi connectivity index (χ1n) is 12.0. The Morgan fingerprint density at radius 2 is 1.59 bits per heavy atom. The van der Waals surface area contributed by atoms with Crippen molar-refractivity contribution in [3.8, 4) is 23.0 Å². The van der Waals surface area contributed by atoms with Gasteiger partial charge in [0.2, 0.25) is 11.7 Å². The number of rotatable bonds is 5. The number of phenols is 2. The molecule has 0 spiro atoms. The van der Waals surface area contributed by atoms with Crippen molar-refractivity contribution in [1.82, 2.24) is 0 Å². The Morgan fingerprint density at radius 3 is 2.31 bits per heavy atom. The molecular weight excluding hydrogens is 524 g/mol. The van der Waals surface area contributed by atoms with Gasteiger partial charge in [-0.25, -0.2) is 0 Å². The van der Waals surface area contributed by atoms with Crippen molar-refractivity contribution in [3.63, 3.8) is 0 Å². The number of hydrogen-bond donors (Lipinski definition) is 7. The quantitative estimate of drug-likeness (QED) is 0.190. The van der Waals surface area contributed by atoms with Crippen LogP contribution in [0.2, 0.25) is 0 Å². The molecule has 1 aromatic heterocycles. The zero-order valence-electron chi connectivity index (χ0n) is 20.7. The van der Waals surface area contributed by atoms with E-state index in [9.17, 15) is 40.5 Å². The summed E-state index contributed by atoms with van der Waals surface area (Å²) >= 11 is 0. The van der Waals surface area contributed by atoms with Crippen LogP contribution < -0.4 is 14.9 Å². The van der Waals surface area contributed by atoms with Crippen LogP contribution in [0.1, 0.15) is 6.92 Å². The van der Waals surface area contributed by atoms with Gasteiger partial charge in [0, 0.05) is 12.1 Å². The van der Waals surface area contributed by atoms with Gasteiger partial charge in [0.1, 0.15) is 70.1 Å². The van der Waals surface area contributed by atoms with E-state index in [1.54, 1.807) is 0 Å². The molecule has 0 bridgehead atoms. The predicted molar refractivity (Wildman–Crippen MR) is 129 cm³/mol. The highest BCUT2D eigenvalue weighted by molar-refractivity contribution is 5.97. The minimum Gasteiger partial charge on any atom is -0.507 e. The summed E-state index contributed by atoms with van der Waals surface area (Å²) in [4.78, 5) is 13.1. The van der Waals surface area contributed by atoms with Gasteiger partial charge in [0.15, 0.2) is 17.8 Å². The first kappa shape index (κ1) is 27.4. The molecule has 0 unspecified atom stereocenters. The van der Waals surface area contributed by atoms with Gasteiger partial charge in [-0.15, -0.1) is 0 Å². The molecule has 0 radical (unpaired) electrons. The van der Waals surface area contributed by atoms with Crippen molar-refractivity contribution in [1.29, 1.82) is 0 Å². The normalized spacial score (nSPS) is 33.4. The third-order valence-corrected chi connectivity index (χ3v) is 6.86. The van der Waals surface area contributed by atoms with E-state index in [2.05, 4.69) is 0 Å². The number of aromatic hydroxyl groups is 2. The molecule has 212 valence electrons. The molecule has 0 amide bonds. The van der Waals surface area contributed by atoms with Crippen molar-refractivity contribution in [3.05, 3.63) is 34.5 Å². The average molecular weight is 552 g/mol. The lowest BCUT2D eigenvalue weighted by atomic mass is 9.99. The van der Waals surface area contributed by atoms with Crippen LogP contribution in [0.3, 0.4) is 0 Å². The van der Waals surface area contributed by atoms with E-state index in [1.807, 2.05) is 0 Å². The fraction of sp³-hybridized carbons (Fsp3) is 0.480. The summed E-state index contributed by atoms with van der Waals surface area (Å²) in [6.45, 7) is 1.10. The average Bonchev–Trinajstić information content (AvgIpc) is 2.90. The van der Waals surface area contributed by atoms with Crippen molar-refractivity contribution in [2.75, 3.05) is 13.7 Å². The minimum absolute atomic E-state index is 0.0174. The molecular formula is C25H28O14. The van der Waals surface area contributed by atoms with Gasteiger partial charge in [-0.2, -0.15) is 0 Å². The van der Waals surface area contributed by atoms with Crippen LogP contribution in [0.25, 0.3) is 21.9 Å². The molecule has 2 saturated heterocycles. The van der Waals surface area contributed by atoms with E-state index in [0.29, 0.717) is 0 Å². The molecule has 9 atom stereocenters. The molecule has 2 fully saturated rings. The molecule has 14 nitrogen and oxygen atoms in total. The Kier molecular flexibility index (Phi) is 7.30. The van der Waals surface area contributed by atoms with E-state index >= 15 is 0 Å². The summed E-state index contributed by atoms with van der Waals surface area (Å²) in [7, 11) is 1.38. The predicted octanol–water partition coefficient (Wildman–Crippen LogP) is -0.964. The van der Waals surface area contributed by atoms with Gasteiger partial charge in [0.05, 0.1) is 19.8 Å². The molecule has 3 heterocycles. The number of aliphatic hydroxyl groups excluding tert-OH is 5. The molecule has 39 heavy (non-hydrogen) atoms. The summed E-state index contributed by atoms with van der Waals surface area (Å²) in [6.07, 6.45) is -12.9. The van der Waals surface area contributed by atoms with Gasteiger partial charge in [-0.05, 0) is 19.1 Å². The van der Waals surface area contributed by atoms with Gasteiger partial charge < -0.3 is 63.8 Å². The van der Waals surface area contributed by atoms with Gasteiger partial charge in [-0.1, -0.05) is 0 Å². The van der Waals surface area contributed by atoms with Crippen LogP contribution in [-0.4, -0.2) is 105 Å². The Bertz CT molecular complexity index is 1420. The summed E-state index contributed by atoms with van der Waals surface area (Å²) in [5.74, 6) is -1.10. The minimum atomic E-state index is -1.72. The molecule has 2 aliphatic heterocycles. The fourth-order valence-corrected chi connectivity index (χ4v) is 4.61. The van der Waals surface area contributed by atoms with E-state index < -0.39 is 72.2 Å². The Balaban J connectivity index is 1.36. The molecule has 7 N–H and O–H groups in total. The van der Waals surface area contributed by atoms with Crippen LogP contribution in [-0.2, 0) is 14.2 Å². The highest BCUT2D eigenvalue weighted by Crippen LogP contribution is 2.38. The number of ether oxygens (including phenoxy) is 5. The van der Waals surface area contributed by atoms with E-state index in [0.717, 1.165) is 0 Å². The summed E-state index contributed by atoms with van der Waals surface area (Å²) < 4.78 is 32.6. The molecule has 14 heteroatoms. The first-order chi connectivity index (χ1) is 18.5. The maximum Gasteiger partial charge on any atom is 0.229 e. The maximum atomic E-state index is 13.1. The van der Waals surface area contributed by atoms with Crippen LogP contribution in [0.4, 0.5) is 0 Å². The van der Waals surface area contributed by atoms with Crippen molar-refractivity contribution < 1.29 is 63.8 Å². The second-order valence-electron chi connectivity index (χ2n) is 9.39. The third-order valence-electron chi connectivity index (χ3n) is 6.86. The van der Waals surface area contributed by atoms with Crippen LogP contribution in [0.5, 0.6) is 23.0 Å². The standard InChI is InChI=1S/C25H28O14/c1-8-17(27)21(31)23(33)25(36-8)39-14-7-35-24(22(32)19(14)29)38-12-4-3-11-16(18(12)28)20(30)15-10(26)5-9(34-2)6-13(15)37-11/h3-6,8,14,17,19,21-29,31-33H,7H2,1-2H3/t8-,14+,17-,19-,21+,22-,23+,24+,25+/m0/s1. The number of methoxy groups -OCH3 is 1. The highest BCUT2D eigenvalue weighted by atomic mass is 16.7. The number of hydrogen-bond acceptors (Lipinski definition) is 14. The lowest BCUT2D eigenvalue weighted by molar-refractivity contribution is -0.333. The molecule has 0 saturated carbocycles. The molecule has 2 aromatic carbocycles. The lowest BCUT2D eigenvalue weighted by Crippen LogP contribution is -2.61. The lowest BCUT2D eigenvalue weighted by Gasteiger charge is -2.43. The van der Waals surface area contributed by atoms with Crippen LogP contribution in [0.15, 0.2) is 33.5 Å². The number of fused-ring (bicyclic) bond motifs is 2. The van der Waals surface area contributed by atoms with E-state index in [4.69, 9.17) is 28.1 Å². The Hall–Kier alpha value is -3.21. The van der Waals surface area contributed by atoms with Crippen LogP contribution in [0, 0.1) is 0 Å². The van der Waals surface area contributed by atoms with Gasteiger partial charge in [0.25, 0.3) is 0 Å². The van der Waals surface area contributed by atoms with Crippen molar-refractivity contribution >= 4 is 21.9 Å². The zero-order valence-corrected chi connectivity index (χ0v) is 20.7. The molecule has 5 rings (SSSR count). The zero-order chi connectivity index (χ0) is 28.2. The number of phenolic OH excluding ortho intramolecular Hbond substituents is 2. The Labute approximate surface area is 219 Å². The van der Waals surface area contributed by atoms with Gasteiger partial charge in [-0.3, -0.25) is 4.79 Å². The van der Waals surface area contributed by atoms with Crippen molar-refractivity contribution in [2.24, 2.45) is 0 Å². The summed E-state index contributed by atoms with van der Waals surface area (Å²) in [5, 5.41) is 71.8. The number of benzene rings is 2. The maximum absolute atomic E-state index is 13.1. The molecule has 2 aliphatic rings. The SMILES string of the molecule is COc1cc(O)c2c(=O)c3c(O)c(O[C@H]4OC[C@@H](O[C@H]5O[C@@H](C)[C@H](O)[C@@H](O)[C@H]5O)[C@H](O)[C@@H]4O)ccc3oc2c1. The Morgan fingerprint density at radius 1 is 0.872 bits per heavy atom. The van der Waals surface area contributed by atoms with Crippen LogP contribution >= 0.6 is 0 Å². The molecule has 3 aromatic rings. The topological polar surface area (TPSA) is 218 Å². The summed E-state index contributed by atoms with van der Waals surface area (Å²) in [5.41, 5.74) is -0.738. The smallest absolute Gasteiger partial charge is 0.229 e. The molecule has 0 aliphatic carbocycles. The van der Waals surface area contributed by atoms with Crippen molar-refractivity contribution in [2.45, 2.75) is 62.2 Å².